The lowest BCUT2D eigenvalue weighted by molar-refractivity contribution is 0.236. The van der Waals surface area contributed by atoms with Gasteiger partial charge in [-0.2, -0.15) is 0 Å². The van der Waals surface area contributed by atoms with Gasteiger partial charge in [-0.1, -0.05) is 64.2 Å². The molecule has 1 aliphatic heterocycles. The SMILES string of the molecule is CCc1cccc2c1C(CC(C)C1CCCCC1)n1cncc1-2. The molecular weight excluding hydrogens is 280 g/mol. The molecule has 4 rings (SSSR count). The van der Waals surface area contributed by atoms with Gasteiger partial charge in [-0.25, -0.2) is 4.98 Å². The molecule has 1 fully saturated rings. The minimum atomic E-state index is 0.496. The number of aromatic nitrogens is 2. The van der Waals surface area contributed by atoms with Gasteiger partial charge in [0.1, 0.15) is 0 Å². The third-order valence-electron chi connectivity index (χ3n) is 6.24. The Labute approximate surface area is 139 Å². The van der Waals surface area contributed by atoms with Crippen molar-refractivity contribution in [3.8, 4) is 11.3 Å². The van der Waals surface area contributed by atoms with Crippen molar-refractivity contribution < 1.29 is 0 Å². The zero-order chi connectivity index (χ0) is 15.8. The highest BCUT2D eigenvalue weighted by atomic mass is 15.1. The van der Waals surface area contributed by atoms with Crippen molar-refractivity contribution in [2.75, 3.05) is 0 Å². The Balaban J connectivity index is 1.66. The average molecular weight is 308 g/mol. The smallest absolute Gasteiger partial charge is 0.0956 e. The quantitative estimate of drug-likeness (QED) is 0.716. The maximum Gasteiger partial charge on any atom is 0.0956 e. The third kappa shape index (κ3) is 2.52. The van der Waals surface area contributed by atoms with E-state index in [-0.39, 0.29) is 0 Å². The largest absolute Gasteiger partial charge is 0.323 e. The zero-order valence-corrected chi connectivity index (χ0v) is 14.5. The monoisotopic (exact) mass is 308 g/mol. The number of imidazole rings is 1. The first-order chi connectivity index (χ1) is 11.3. The van der Waals surface area contributed by atoms with E-state index < -0.39 is 0 Å². The summed E-state index contributed by atoms with van der Waals surface area (Å²) < 4.78 is 2.43. The van der Waals surface area contributed by atoms with Crippen molar-refractivity contribution in [3.05, 3.63) is 41.9 Å². The molecule has 0 radical (unpaired) electrons. The number of rotatable bonds is 4. The molecule has 2 atom stereocenters. The molecule has 2 heterocycles. The molecule has 2 aromatic rings. The van der Waals surface area contributed by atoms with E-state index in [4.69, 9.17) is 0 Å². The molecule has 1 aliphatic carbocycles. The van der Waals surface area contributed by atoms with Crippen LogP contribution in [0.1, 0.15) is 69.5 Å². The van der Waals surface area contributed by atoms with E-state index in [1.807, 2.05) is 12.5 Å². The van der Waals surface area contributed by atoms with Crippen molar-refractivity contribution in [3.63, 3.8) is 0 Å². The van der Waals surface area contributed by atoms with Gasteiger partial charge in [-0.05, 0) is 35.8 Å². The Morgan fingerprint density at radius 3 is 2.83 bits per heavy atom. The maximum atomic E-state index is 4.43. The molecule has 2 aliphatic rings. The Kier molecular flexibility index (Phi) is 4.00. The molecule has 122 valence electrons. The molecule has 1 saturated carbocycles. The molecule has 1 aromatic carbocycles. The highest BCUT2D eigenvalue weighted by molar-refractivity contribution is 5.70. The van der Waals surface area contributed by atoms with Gasteiger partial charge in [-0.3, -0.25) is 0 Å². The summed E-state index contributed by atoms with van der Waals surface area (Å²) in [5.41, 5.74) is 5.83. The van der Waals surface area contributed by atoms with Crippen molar-refractivity contribution in [1.82, 2.24) is 9.55 Å². The van der Waals surface area contributed by atoms with Crippen molar-refractivity contribution in [2.24, 2.45) is 11.8 Å². The fraction of sp³-hybridized carbons (Fsp3) is 0.571. The van der Waals surface area contributed by atoms with E-state index in [2.05, 4.69) is 41.6 Å². The highest BCUT2D eigenvalue weighted by Gasteiger charge is 2.33. The van der Waals surface area contributed by atoms with Gasteiger partial charge in [0.2, 0.25) is 0 Å². The van der Waals surface area contributed by atoms with E-state index in [1.165, 1.54) is 55.3 Å². The number of hydrogen-bond acceptors (Lipinski definition) is 1. The molecular formula is C21H28N2. The Bertz CT molecular complexity index is 679. The molecule has 0 saturated heterocycles. The predicted molar refractivity (Wildman–Crippen MR) is 95.5 cm³/mol. The fourth-order valence-corrected chi connectivity index (χ4v) is 4.92. The number of aryl methyl sites for hydroxylation is 1. The van der Waals surface area contributed by atoms with Crippen LogP contribution >= 0.6 is 0 Å². The van der Waals surface area contributed by atoms with E-state index in [0.29, 0.717) is 6.04 Å². The summed E-state index contributed by atoms with van der Waals surface area (Å²) in [4.78, 5) is 4.43. The molecule has 0 spiro atoms. The predicted octanol–water partition coefficient (Wildman–Crippen LogP) is 5.62. The number of nitrogens with zero attached hydrogens (tertiary/aromatic N) is 2. The fourth-order valence-electron chi connectivity index (χ4n) is 4.92. The minimum absolute atomic E-state index is 0.496. The Hall–Kier alpha value is -1.57. The third-order valence-corrected chi connectivity index (χ3v) is 6.24. The molecule has 2 unspecified atom stereocenters. The number of benzene rings is 1. The van der Waals surface area contributed by atoms with Crippen molar-refractivity contribution in [1.29, 1.82) is 0 Å². The van der Waals surface area contributed by atoms with E-state index >= 15 is 0 Å². The molecule has 0 N–H and O–H groups in total. The summed E-state index contributed by atoms with van der Waals surface area (Å²) in [6.07, 6.45) is 13.7. The molecule has 1 aromatic heterocycles. The normalized spacial score (nSPS) is 21.9. The van der Waals surface area contributed by atoms with Crippen LogP contribution in [-0.4, -0.2) is 9.55 Å². The van der Waals surface area contributed by atoms with Gasteiger partial charge in [0.05, 0.1) is 24.3 Å². The average Bonchev–Trinajstić information content (AvgIpc) is 3.18. The second kappa shape index (κ2) is 6.14. The summed E-state index contributed by atoms with van der Waals surface area (Å²) in [6, 6.07) is 7.31. The lowest BCUT2D eigenvalue weighted by Crippen LogP contribution is -2.20. The molecule has 23 heavy (non-hydrogen) atoms. The van der Waals surface area contributed by atoms with Crippen LogP contribution in [0.5, 0.6) is 0 Å². The summed E-state index contributed by atoms with van der Waals surface area (Å²) in [7, 11) is 0. The van der Waals surface area contributed by atoms with E-state index in [0.717, 1.165) is 18.3 Å². The van der Waals surface area contributed by atoms with E-state index in [9.17, 15) is 0 Å². The first-order valence-electron chi connectivity index (χ1n) is 9.43. The minimum Gasteiger partial charge on any atom is -0.323 e. The Morgan fingerprint density at radius 1 is 1.22 bits per heavy atom. The highest BCUT2D eigenvalue weighted by Crippen LogP contribution is 2.45. The first kappa shape index (κ1) is 15.0. The van der Waals surface area contributed by atoms with Crippen LogP contribution in [0.25, 0.3) is 11.3 Å². The summed E-state index contributed by atoms with van der Waals surface area (Å²) in [5, 5.41) is 0. The summed E-state index contributed by atoms with van der Waals surface area (Å²) in [5.74, 6) is 1.72. The molecule has 2 heteroatoms. The maximum absolute atomic E-state index is 4.43. The van der Waals surface area contributed by atoms with Crippen molar-refractivity contribution >= 4 is 0 Å². The van der Waals surface area contributed by atoms with Gasteiger partial charge in [0.15, 0.2) is 0 Å². The Morgan fingerprint density at radius 2 is 2.04 bits per heavy atom. The van der Waals surface area contributed by atoms with Crippen LogP contribution in [0.4, 0.5) is 0 Å². The van der Waals surface area contributed by atoms with Crippen LogP contribution in [0, 0.1) is 11.8 Å². The van der Waals surface area contributed by atoms with Crippen LogP contribution in [0.3, 0.4) is 0 Å². The van der Waals surface area contributed by atoms with Crippen LogP contribution in [0.2, 0.25) is 0 Å². The van der Waals surface area contributed by atoms with Gasteiger partial charge in [-0.15, -0.1) is 0 Å². The molecule has 0 bridgehead atoms. The lowest BCUT2D eigenvalue weighted by atomic mass is 9.77. The van der Waals surface area contributed by atoms with Crippen LogP contribution in [-0.2, 0) is 6.42 Å². The lowest BCUT2D eigenvalue weighted by Gasteiger charge is -2.30. The zero-order valence-electron chi connectivity index (χ0n) is 14.5. The van der Waals surface area contributed by atoms with Gasteiger partial charge in [0, 0.05) is 5.56 Å². The van der Waals surface area contributed by atoms with Crippen LogP contribution in [0.15, 0.2) is 30.7 Å². The van der Waals surface area contributed by atoms with E-state index in [1.54, 1.807) is 5.56 Å². The second-order valence-electron chi connectivity index (χ2n) is 7.54. The molecule has 0 amide bonds. The number of hydrogen-bond donors (Lipinski definition) is 0. The standard InChI is InChI=1S/C21H28N2/c1-3-16-10-7-11-18-20-13-22-14-23(20)19(21(16)18)12-15(2)17-8-5-4-6-9-17/h7,10-11,13-15,17,19H,3-6,8-9,12H2,1-2H3. The van der Waals surface area contributed by atoms with Crippen molar-refractivity contribution in [2.45, 2.75) is 64.8 Å². The summed E-state index contributed by atoms with van der Waals surface area (Å²) >= 11 is 0. The number of fused-ring (bicyclic) bond motifs is 3. The second-order valence-corrected chi connectivity index (χ2v) is 7.54. The van der Waals surface area contributed by atoms with Gasteiger partial charge in [0.25, 0.3) is 0 Å². The topological polar surface area (TPSA) is 17.8 Å². The van der Waals surface area contributed by atoms with Gasteiger partial charge < -0.3 is 4.57 Å². The molecule has 2 nitrogen and oxygen atoms in total. The van der Waals surface area contributed by atoms with Crippen LogP contribution < -0.4 is 0 Å². The van der Waals surface area contributed by atoms with Gasteiger partial charge >= 0.3 is 0 Å². The first-order valence-corrected chi connectivity index (χ1v) is 9.43. The summed E-state index contributed by atoms with van der Waals surface area (Å²) in [6.45, 7) is 4.77.